The van der Waals surface area contributed by atoms with E-state index in [0.29, 0.717) is 24.6 Å². The fourth-order valence-electron chi connectivity index (χ4n) is 2.17. The van der Waals surface area contributed by atoms with Gasteiger partial charge in [-0.05, 0) is 37.1 Å². The third-order valence-electron chi connectivity index (χ3n) is 3.42. The van der Waals surface area contributed by atoms with E-state index in [1.54, 1.807) is 12.1 Å². The van der Waals surface area contributed by atoms with E-state index in [4.69, 9.17) is 16.2 Å². The van der Waals surface area contributed by atoms with Gasteiger partial charge >= 0.3 is 0 Å². The van der Waals surface area contributed by atoms with E-state index in [2.05, 4.69) is 4.99 Å². The van der Waals surface area contributed by atoms with E-state index in [1.165, 1.54) is 12.1 Å². The smallest absolute Gasteiger partial charge is 0.165 e. The van der Waals surface area contributed by atoms with Gasteiger partial charge < -0.3 is 21.3 Å². The van der Waals surface area contributed by atoms with E-state index in [-0.39, 0.29) is 23.1 Å². The van der Waals surface area contributed by atoms with Crippen molar-refractivity contribution in [1.29, 1.82) is 5.26 Å². The lowest BCUT2D eigenvalue weighted by Gasteiger charge is -2.23. The van der Waals surface area contributed by atoms with Crippen LogP contribution in [-0.4, -0.2) is 24.0 Å². The standard InChI is InChI=1S/C15H18N4O2/c16-9-13(19-11-1-3-12(20)4-2-11)15(18)14(17)10-5-7-21-8-6-10/h1-4,10,20H,5-8,17-18H2/b15-14+,19-13?. The van der Waals surface area contributed by atoms with Crippen LogP contribution in [0.4, 0.5) is 5.69 Å². The number of ether oxygens (including phenoxy) is 1. The highest BCUT2D eigenvalue weighted by Crippen LogP contribution is 2.22. The number of aromatic hydroxyl groups is 1. The summed E-state index contributed by atoms with van der Waals surface area (Å²) in [6.07, 6.45) is 1.59. The van der Waals surface area contributed by atoms with Crippen molar-refractivity contribution in [3.63, 3.8) is 0 Å². The summed E-state index contributed by atoms with van der Waals surface area (Å²) in [5.74, 6) is 0.259. The SMILES string of the molecule is N#CC(=Nc1ccc(O)cc1)/C(N)=C(\N)C1CCOCC1. The van der Waals surface area contributed by atoms with Crippen LogP contribution in [-0.2, 0) is 4.74 Å². The number of nitrogens with two attached hydrogens (primary N) is 2. The number of aliphatic imine (C=N–C) groups is 1. The van der Waals surface area contributed by atoms with Crippen LogP contribution in [0.15, 0.2) is 40.7 Å². The molecule has 6 heteroatoms. The first kappa shape index (κ1) is 14.9. The molecule has 1 saturated heterocycles. The van der Waals surface area contributed by atoms with Gasteiger partial charge in [0.2, 0.25) is 0 Å². The number of hydrogen-bond acceptors (Lipinski definition) is 6. The monoisotopic (exact) mass is 286 g/mol. The molecule has 0 aromatic heterocycles. The average Bonchev–Trinajstić information content (AvgIpc) is 2.54. The highest BCUT2D eigenvalue weighted by molar-refractivity contribution is 6.12. The Morgan fingerprint density at radius 1 is 1.24 bits per heavy atom. The molecule has 1 aromatic carbocycles. The largest absolute Gasteiger partial charge is 0.508 e. The zero-order chi connectivity index (χ0) is 15.2. The van der Waals surface area contributed by atoms with Crippen LogP contribution < -0.4 is 11.5 Å². The van der Waals surface area contributed by atoms with Gasteiger partial charge in [-0.2, -0.15) is 5.26 Å². The van der Waals surface area contributed by atoms with Crippen molar-refractivity contribution in [1.82, 2.24) is 0 Å². The first-order chi connectivity index (χ1) is 10.1. The lowest BCUT2D eigenvalue weighted by Crippen LogP contribution is -2.27. The molecule has 0 amide bonds. The molecule has 1 aromatic rings. The third-order valence-corrected chi connectivity index (χ3v) is 3.42. The molecule has 110 valence electrons. The zero-order valence-corrected chi connectivity index (χ0v) is 11.6. The highest BCUT2D eigenvalue weighted by Gasteiger charge is 2.20. The minimum Gasteiger partial charge on any atom is -0.508 e. The molecule has 0 radical (unpaired) electrons. The van der Waals surface area contributed by atoms with E-state index in [0.717, 1.165) is 12.8 Å². The summed E-state index contributed by atoms with van der Waals surface area (Å²) in [6.45, 7) is 1.30. The van der Waals surface area contributed by atoms with Crippen LogP contribution in [0.1, 0.15) is 12.8 Å². The van der Waals surface area contributed by atoms with Crippen LogP contribution in [0.5, 0.6) is 5.75 Å². The molecule has 0 aliphatic carbocycles. The van der Waals surface area contributed by atoms with Gasteiger partial charge in [0.05, 0.1) is 11.4 Å². The molecular weight excluding hydrogens is 268 g/mol. The molecule has 0 unspecified atom stereocenters. The molecule has 1 aliphatic rings. The number of allylic oxidation sites excluding steroid dienone is 2. The maximum absolute atomic E-state index is 9.24. The normalized spacial score (nSPS) is 18.0. The number of nitriles is 1. The summed E-state index contributed by atoms with van der Waals surface area (Å²) in [7, 11) is 0. The molecule has 0 spiro atoms. The number of hydrogen-bond donors (Lipinski definition) is 3. The first-order valence-electron chi connectivity index (χ1n) is 6.73. The molecule has 2 rings (SSSR count). The molecule has 0 saturated carbocycles. The second-order valence-electron chi connectivity index (χ2n) is 4.84. The van der Waals surface area contributed by atoms with Gasteiger partial charge in [-0.3, -0.25) is 0 Å². The van der Waals surface area contributed by atoms with E-state index in [9.17, 15) is 10.4 Å². The second kappa shape index (κ2) is 6.77. The topological polar surface area (TPSA) is 118 Å². The lowest BCUT2D eigenvalue weighted by molar-refractivity contribution is 0.0752. The Kier molecular flexibility index (Phi) is 4.80. The van der Waals surface area contributed by atoms with Gasteiger partial charge in [0.15, 0.2) is 5.71 Å². The van der Waals surface area contributed by atoms with Gasteiger partial charge in [-0.1, -0.05) is 0 Å². The lowest BCUT2D eigenvalue weighted by atomic mass is 9.94. The van der Waals surface area contributed by atoms with Crippen LogP contribution in [0, 0.1) is 17.2 Å². The molecule has 1 aliphatic heterocycles. The molecule has 21 heavy (non-hydrogen) atoms. The fraction of sp³-hybridized carbons (Fsp3) is 0.333. The molecule has 6 nitrogen and oxygen atoms in total. The van der Waals surface area contributed by atoms with E-state index < -0.39 is 0 Å². The maximum Gasteiger partial charge on any atom is 0.165 e. The summed E-state index contributed by atoms with van der Waals surface area (Å²) in [4.78, 5) is 4.18. The molecule has 1 heterocycles. The Balaban J connectivity index is 2.27. The summed E-state index contributed by atoms with van der Waals surface area (Å²) < 4.78 is 5.29. The van der Waals surface area contributed by atoms with Gasteiger partial charge in [0, 0.05) is 24.8 Å². The summed E-state index contributed by atoms with van der Waals surface area (Å²) >= 11 is 0. The number of benzene rings is 1. The Bertz CT molecular complexity index is 593. The number of nitrogens with zero attached hydrogens (tertiary/aromatic N) is 2. The van der Waals surface area contributed by atoms with Crippen LogP contribution in [0.2, 0.25) is 0 Å². The molecule has 0 atom stereocenters. The summed E-state index contributed by atoms with van der Waals surface area (Å²) in [5, 5.41) is 18.5. The quantitative estimate of drug-likeness (QED) is 0.728. The Morgan fingerprint density at radius 2 is 1.86 bits per heavy atom. The van der Waals surface area contributed by atoms with Crippen molar-refractivity contribution in [2.24, 2.45) is 22.4 Å². The van der Waals surface area contributed by atoms with Crippen molar-refractivity contribution in [3.8, 4) is 11.8 Å². The number of rotatable bonds is 3. The number of phenolic OH excluding ortho intramolecular Hbond substituents is 1. The fourth-order valence-corrected chi connectivity index (χ4v) is 2.17. The van der Waals surface area contributed by atoms with Crippen molar-refractivity contribution in [3.05, 3.63) is 35.7 Å². The Hall–Kier alpha value is -2.52. The molecule has 1 fully saturated rings. The predicted octanol–water partition coefficient (Wildman–Crippen LogP) is 1.54. The first-order valence-corrected chi connectivity index (χ1v) is 6.73. The van der Waals surface area contributed by atoms with Crippen LogP contribution >= 0.6 is 0 Å². The van der Waals surface area contributed by atoms with Gasteiger partial charge in [-0.15, -0.1) is 0 Å². The number of phenols is 1. The average molecular weight is 286 g/mol. The van der Waals surface area contributed by atoms with E-state index >= 15 is 0 Å². The molecule has 5 N–H and O–H groups in total. The summed E-state index contributed by atoms with van der Waals surface area (Å²) in [6, 6.07) is 8.17. The van der Waals surface area contributed by atoms with Crippen molar-refractivity contribution >= 4 is 11.4 Å². The van der Waals surface area contributed by atoms with Gasteiger partial charge in [-0.25, -0.2) is 4.99 Å². The summed E-state index contributed by atoms with van der Waals surface area (Å²) in [5.41, 5.74) is 13.4. The van der Waals surface area contributed by atoms with Crippen LogP contribution in [0.3, 0.4) is 0 Å². The van der Waals surface area contributed by atoms with Crippen molar-refractivity contribution < 1.29 is 9.84 Å². The van der Waals surface area contributed by atoms with Gasteiger partial charge in [0.25, 0.3) is 0 Å². The van der Waals surface area contributed by atoms with Crippen molar-refractivity contribution in [2.75, 3.05) is 13.2 Å². The van der Waals surface area contributed by atoms with Crippen molar-refractivity contribution in [2.45, 2.75) is 12.8 Å². The minimum absolute atomic E-state index is 0.0877. The minimum atomic E-state index is 0.0877. The van der Waals surface area contributed by atoms with Gasteiger partial charge in [0.1, 0.15) is 11.8 Å². The molecular formula is C15H18N4O2. The maximum atomic E-state index is 9.24. The zero-order valence-electron chi connectivity index (χ0n) is 11.6. The third kappa shape index (κ3) is 3.74. The van der Waals surface area contributed by atoms with E-state index in [1.807, 2.05) is 6.07 Å². The predicted molar refractivity (Wildman–Crippen MR) is 79.8 cm³/mol. The molecule has 0 bridgehead atoms. The second-order valence-corrected chi connectivity index (χ2v) is 4.84. The highest BCUT2D eigenvalue weighted by atomic mass is 16.5. The Morgan fingerprint density at radius 3 is 2.43 bits per heavy atom. The Labute approximate surface area is 123 Å². The van der Waals surface area contributed by atoms with Crippen LogP contribution in [0.25, 0.3) is 0 Å².